The maximum absolute atomic E-state index is 12.4. The van der Waals surface area contributed by atoms with Gasteiger partial charge in [-0.1, -0.05) is 32.3 Å². The smallest absolute Gasteiger partial charge is 0.338 e. The molecule has 1 fully saturated rings. The zero-order valence-electron chi connectivity index (χ0n) is 14.8. The summed E-state index contributed by atoms with van der Waals surface area (Å²) in [5, 5.41) is 0. The summed E-state index contributed by atoms with van der Waals surface area (Å²) in [7, 11) is 0. The van der Waals surface area contributed by atoms with Gasteiger partial charge in [-0.2, -0.15) is 0 Å². The van der Waals surface area contributed by atoms with Crippen molar-refractivity contribution in [3.8, 4) is 5.75 Å². The van der Waals surface area contributed by atoms with Gasteiger partial charge in [0, 0.05) is 0 Å². The number of esters is 2. The topological polar surface area (TPSA) is 52.6 Å². The first-order valence-electron chi connectivity index (χ1n) is 9.12. The lowest BCUT2D eigenvalue weighted by atomic mass is 9.80. The Morgan fingerprint density at radius 1 is 1.12 bits per heavy atom. The van der Waals surface area contributed by atoms with E-state index < -0.39 is 5.97 Å². The van der Waals surface area contributed by atoms with Crippen molar-refractivity contribution >= 4 is 11.9 Å². The van der Waals surface area contributed by atoms with Crippen LogP contribution in [0.25, 0.3) is 0 Å². The molecule has 0 radical (unpaired) electrons. The molecule has 24 heavy (non-hydrogen) atoms. The Morgan fingerprint density at radius 3 is 2.54 bits per heavy atom. The Hall–Kier alpha value is -1.84. The SMILES string of the molecule is CCCCC1CCC(C(=O)Oc2cccc(C(=O)OCC)c2)CC1. The molecule has 1 saturated carbocycles. The summed E-state index contributed by atoms with van der Waals surface area (Å²) < 4.78 is 10.5. The molecule has 0 aromatic heterocycles. The largest absolute Gasteiger partial charge is 0.462 e. The van der Waals surface area contributed by atoms with E-state index >= 15 is 0 Å². The molecule has 0 amide bonds. The Balaban J connectivity index is 1.86. The zero-order chi connectivity index (χ0) is 17.4. The van der Waals surface area contributed by atoms with E-state index in [2.05, 4.69) is 6.92 Å². The van der Waals surface area contributed by atoms with Crippen LogP contribution in [0.1, 0.15) is 69.2 Å². The highest BCUT2D eigenvalue weighted by Crippen LogP contribution is 2.32. The fourth-order valence-electron chi connectivity index (χ4n) is 3.28. The van der Waals surface area contributed by atoms with Gasteiger partial charge in [0.1, 0.15) is 5.75 Å². The summed E-state index contributed by atoms with van der Waals surface area (Å²) in [5.74, 6) is 0.589. The molecule has 4 nitrogen and oxygen atoms in total. The van der Waals surface area contributed by atoms with Crippen molar-refractivity contribution < 1.29 is 19.1 Å². The summed E-state index contributed by atoms with van der Waals surface area (Å²) in [4.78, 5) is 24.1. The maximum atomic E-state index is 12.4. The van der Waals surface area contributed by atoms with Crippen LogP contribution in [0.15, 0.2) is 24.3 Å². The molecule has 1 aliphatic carbocycles. The number of carbonyl (C=O) groups excluding carboxylic acids is 2. The minimum Gasteiger partial charge on any atom is -0.462 e. The molecule has 0 saturated heterocycles. The summed E-state index contributed by atoms with van der Waals surface area (Å²) in [6, 6.07) is 6.64. The van der Waals surface area contributed by atoms with Crippen LogP contribution in [0.3, 0.4) is 0 Å². The van der Waals surface area contributed by atoms with Gasteiger partial charge in [0.2, 0.25) is 0 Å². The van der Waals surface area contributed by atoms with Gasteiger partial charge in [0.05, 0.1) is 18.1 Å². The highest BCUT2D eigenvalue weighted by molar-refractivity contribution is 5.90. The highest BCUT2D eigenvalue weighted by Gasteiger charge is 2.27. The molecule has 1 aliphatic rings. The molecular weight excluding hydrogens is 304 g/mol. The summed E-state index contributed by atoms with van der Waals surface area (Å²) in [6.45, 7) is 4.30. The van der Waals surface area contributed by atoms with E-state index in [1.54, 1.807) is 31.2 Å². The molecule has 0 spiro atoms. The number of ether oxygens (including phenoxy) is 2. The second kappa shape index (κ2) is 9.45. The zero-order valence-corrected chi connectivity index (χ0v) is 14.8. The van der Waals surface area contributed by atoms with Gasteiger partial charge in [-0.25, -0.2) is 4.79 Å². The predicted molar refractivity (Wildman–Crippen MR) is 93.0 cm³/mol. The van der Waals surface area contributed by atoms with Gasteiger partial charge in [0.25, 0.3) is 0 Å². The molecule has 4 heteroatoms. The molecule has 132 valence electrons. The Kier molecular flexibility index (Phi) is 7.29. The van der Waals surface area contributed by atoms with E-state index in [-0.39, 0.29) is 11.9 Å². The molecular formula is C20H28O4. The molecule has 0 bridgehead atoms. The molecule has 0 aliphatic heterocycles. The van der Waals surface area contributed by atoms with Crippen molar-refractivity contribution in [3.63, 3.8) is 0 Å². The van der Waals surface area contributed by atoms with Crippen LogP contribution < -0.4 is 4.74 Å². The van der Waals surface area contributed by atoms with Crippen LogP contribution in [0.4, 0.5) is 0 Å². The van der Waals surface area contributed by atoms with Crippen molar-refractivity contribution in [3.05, 3.63) is 29.8 Å². The fourth-order valence-corrected chi connectivity index (χ4v) is 3.28. The number of benzene rings is 1. The molecule has 0 heterocycles. The molecule has 0 N–H and O–H groups in total. The van der Waals surface area contributed by atoms with E-state index in [9.17, 15) is 9.59 Å². The summed E-state index contributed by atoms with van der Waals surface area (Å²) >= 11 is 0. The van der Waals surface area contributed by atoms with Crippen LogP contribution in [0.2, 0.25) is 0 Å². The van der Waals surface area contributed by atoms with Gasteiger partial charge in [-0.15, -0.1) is 0 Å². The van der Waals surface area contributed by atoms with E-state index in [1.165, 1.54) is 19.3 Å². The molecule has 0 atom stereocenters. The van der Waals surface area contributed by atoms with Crippen molar-refractivity contribution in [2.45, 2.75) is 58.8 Å². The second-order valence-corrected chi connectivity index (χ2v) is 6.53. The van der Waals surface area contributed by atoms with Crippen molar-refractivity contribution in [1.82, 2.24) is 0 Å². The Labute approximate surface area is 144 Å². The Bertz CT molecular complexity index is 544. The van der Waals surface area contributed by atoms with Gasteiger partial charge in [0.15, 0.2) is 0 Å². The third kappa shape index (κ3) is 5.36. The van der Waals surface area contributed by atoms with Crippen molar-refractivity contribution in [1.29, 1.82) is 0 Å². The van der Waals surface area contributed by atoms with Gasteiger partial charge >= 0.3 is 11.9 Å². The van der Waals surface area contributed by atoms with Crippen LogP contribution in [-0.2, 0) is 9.53 Å². The van der Waals surface area contributed by atoms with Gasteiger partial charge in [-0.3, -0.25) is 4.79 Å². The molecule has 0 unspecified atom stereocenters. The van der Waals surface area contributed by atoms with Crippen LogP contribution >= 0.6 is 0 Å². The number of unbranched alkanes of at least 4 members (excludes halogenated alkanes) is 1. The molecule has 1 aromatic carbocycles. The van der Waals surface area contributed by atoms with Crippen LogP contribution in [0.5, 0.6) is 5.75 Å². The first kappa shape index (κ1) is 18.5. The van der Waals surface area contributed by atoms with Gasteiger partial charge < -0.3 is 9.47 Å². The normalized spacial score (nSPS) is 20.4. The first-order chi connectivity index (χ1) is 11.6. The fraction of sp³-hybridized carbons (Fsp3) is 0.600. The average Bonchev–Trinajstić information content (AvgIpc) is 2.61. The lowest BCUT2D eigenvalue weighted by Gasteiger charge is -2.27. The second-order valence-electron chi connectivity index (χ2n) is 6.53. The quantitative estimate of drug-likeness (QED) is 0.533. The first-order valence-corrected chi connectivity index (χ1v) is 9.12. The number of hydrogen-bond donors (Lipinski definition) is 0. The van der Waals surface area contributed by atoms with Crippen molar-refractivity contribution in [2.75, 3.05) is 6.61 Å². The molecule has 2 rings (SSSR count). The van der Waals surface area contributed by atoms with Crippen LogP contribution in [0, 0.1) is 11.8 Å². The van der Waals surface area contributed by atoms with E-state index in [0.29, 0.717) is 17.9 Å². The lowest BCUT2D eigenvalue weighted by Crippen LogP contribution is -2.25. The highest BCUT2D eigenvalue weighted by atomic mass is 16.5. The Morgan fingerprint density at radius 2 is 1.88 bits per heavy atom. The minimum atomic E-state index is -0.396. The van der Waals surface area contributed by atoms with Crippen LogP contribution in [-0.4, -0.2) is 18.5 Å². The van der Waals surface area contributed by atoms with E-state index in [1.807, 2.05) is 0 Å². The average molecular weight is 332 g/mol. The minimum absolute atomic E-state index is 0.0193. The monoisotopic (exact) mass is 332 g/mol. The number of hydrogen-bond acceptors (Lipinski definition) is 4. The molecule has 1 aromatic rings. The summed E-state index contributed by atoms with van der Waals surface area (Å²) in [5.41, 5.74) is 0.408. The standard InChI is InChI=1S/C20H28O4/c1-3-5-7-15-10-12-16(13-11-15)20(22)24-18-9-6-8-17(14-18)19(21)23-4-2/h6,8-9,14-16H,3-5,7,10-13H2,1-2H3. The predicted octanol–water partition coefficient (Wildman–Crippen LogP) is 4.77. The van der Waals surface area contributed by atoms with Gasteiger partial charge in [-0.05, 0) is 56.7 Å². The number of carbonyl (C=O) groups is 2. The van der Waals surface area contributed by atoms with E-state index in [0.717, 1.165) is 31.6 Å². The summed E-state index contributed by atoms with van der Waals surface area (Å²) in [6.07, 6.45) is 7.83. The maximum Gasteiger partial charge on any atom is 0.338 e. The third-order valence-electron chi connectivity index (χ3n) is 4.71. The van der Waals surface area contributed by atoms with E-state index in [4.69, 9.17) is 9.47 Å². The third-order valence-corrected chi connectivity index (χ3v) is 4.71. The number of rotatable bonds is 7. The lowest BCUT2D eigenvalue weighted by molar-refractivity contribution is -0.140. The van der Waals surface area contributed by atoms with Crippen molar-refractivity contribution in [2.24, 2.45) is 11.8 Å².